The third kappa shape index (κ3) is 2.79. The van der Waals surface area contributed by atoms with Gasteiger partial charge in [-0.3, -0.25) is 4.79 Å². The number of halogens is 1. The average Bonchev–Trinajstić information content (AvgIpc) is 2.37. The summed E-state index contributed by atoms with van der Waals surface area (Å²) in [7, 11) is 3.65. The van der Waals surface area contributed by atoms with Crippen molar-refractivity contribution in [1.29, 1.82) is 0 Å². The highest BCUT2D eigenvalue weighted by Gasteiger charge is 2.14. The van der Waals surface area contributed by atoms with Crippen LogP contribution in [0.5, 0.6) is 5.75 Å². The van der Waals surface area contributed by atoms with Gasteiger partial charge in [0.2, 0.25) is 0 Å². The fourth-order valence-electron chi connectivity index (χ4n) is 1.89. The Morgan fingerprint density at radius 1 is 1.37 bits per heavy atom. The van der Waals surface area contributed by atoms with E-state index in [1.54, 1.807) is 11.0 Å². The monoisotopic (exact) mass is 278 g/mol. The Labute approximate surface area is 116 Å². The van der Waals surface area contributed by atoms with Crippen LogP contribution in [0.1, 0.15) is 17.3 Å². The predicted molar refractivity (Wildman–Crippen MR) is 77.4 cm³/mol. The summed E-state index contributed by atoms with van der Waals surface area (Å²) >= 11 is 5.62. The molecule has 0 amide bonds. The summed E-state index contributed by atoms with van der Waals surface area (Å²) in [5.74, 6) is 1.32. The zero-order chi connectivity index (χ0) is 14.0. The molecule has 0 aliphatic rings. The summed E-state index contributed by atoms with van der Waals surface area (Å²) in [5.41, 5.74) is 1.20. The third-order valence-electron chi connectivity index (χ3n) is 2.71. The van der Waals surface area contributed by atoms with Gasteiger partial charge in [0, 0.05) is 19.5 Å². The standard InChI is InChI=1S/C14H15ClN2O2/c1-4-19-10-5-6-12-9(7-10)8-11(13(15)18)14(16-12)17(2)3/h5-8H,4H2,1-3H3. The molecule has 0 aliphatic heterocycles. The number of anilines is 1. The number of ether oxygens (including phenoxy) is 1. The molecule has 0 saturated carbocycles. The van der Waals surface area contributed by atoms with Gasteiger partial charge in [-0.2, -0.15) is 0 Å². The van der Waals surface area contributed by atoms with Gasteiger partial charge >= 0.3 is 0 Å². The lowest BCUT2D eigenvalue weighted by atomic mass is 10.1. The quantitative estimate of drug-likeness (QED) is 0.806. The van der Waals surface area contributed by atoms with E-state index < -0.39 is 5.24 Å². The van der Waals surface area contributed by atoms with Gasteiger partial charge in [0.1, 0.15) is 11.6 Å². The molecule has 2 rings (SSSR count). The van der Waals surface area contributed by atoms with Crippen molar-refractivity contribution in [3.63, 3.8) is 0 Å². The average molecular weight is 279 g/mol. The first-order chi connectivity index (χ1) is 9.02. The molecule has 100 valence electrons. The Balaban J connectivity index is 2.63. The number of hydrogen-bond donors (Lipinski definition) is 0. The number of rotatable bonds is 4. The lowest BCUT2D eigenvalue weighted by Gasteiger charge is -2.15. The number of carbonyl (C=O) groups excluding carboxylic acids is 1. The molecule has 2 aromatic rings. The maximum atomic E-state index is 11.5. The molecule has 0 aliphatic carbocycles. The minimum atomic E-state index is -0.514. The maximum absolute atomic E-state index is 11.5. The smallest absolute Gasteiger partial charge is 0.256 e. The number of carbonyl (C=O) groups is 1. The van der Waals surface area contributed by atoms with E-state index >= 15 is 0 Å². The molecular weight excluding hydrogens is 264 g/mol. The molecule has 0 N–H and O–H groups in total. The van der Waals surface area contributed by atoms with Gasteiger partial charge in [-0.25, -0.2) is 4.98 Å². The molecule has 0 unspecified atom stereocenters. The Hall–Kier alpha value is -1.81. The van der Waals surface area contributed by atoms with Crippen molar-refractivity contribution >= 4 is 33.6 Å². The summed E-state index contributed by atoms with van der Waals surface area (Å²) in [6.07, 6.45) is 0. The highest BCUT2D eigenvalue weighted by molar-refractivity contribution is 6.68. The number of aromatic nitrogens is 1. The van der Waals surface area contributed by atoms with E-state index in [9.17, 15) is 4.79 Å². The first kappa shape index (κ1) is 13.6. The Morgan fingerprint density at radius 3 is 2.68 bits per heavy atom. The van der Waals surface area contributed by atoms with Gasteiger partial charge in [-0.1, -0.05) is 0 Å². The lowest BCUT2D eigenvalue weighted by Crippen LogP contribution is -2.14. The summed E-state index contributed by atoms with van der Waals surface area (Å²) in [4.78, 5) is 17.7. The predicted octanol–water partition coefficient (Wildman–Crippen LogP) is 3.08. The number of pyridine rings is 1. The molecule has 4 nitrogen and oxygen atoms in total. The largest absolute Gasteiger partial charge is 0.494 e. The second-order valence-electron chi connectivity index (χ2n) is 4.32. The molecule has 1 aromatic heterocycles. The topological polar surface area (TPSA) is 42.4 Å². The molecule has 0 bridgehead atoms. The van der Waals surface area contributed by atoms with Crippen LogP contribution < -0.4 is 9.64 Å². The van der Waals surface area contributed by atoms with Crippen molar-refractivity contribution in [2.45, 2.75) is 6.92 Å². The van der Waals surface area contributed by atoms with Crippen molar-refractivity contribution in [2.24, 2.45) is 0 Å². The molecule has 0 atom stereocenters. The van der Waals surface area contributed by atoms with Crippen LogP contribution in [0.4, 0.5) is 5.82 Å². The van der Waals surface area contributed by atoms with Crippen LogP contribution in [-0.2, 0) is 0 Å². The van der Waals surface area contributed by atoms with Crippen LogP contribution in [0.15, 0.2) is 24.3 Å². The zero-order valence-electron chi connectivity index (χ0n) is 11.1. The van der Waals surface area contributed by atoms with Crippen molar-refractivity contribution in [1.82, 2.24) is 4.98 Å². The third-order valence-corrected chi connectivity index (χ3v) is 2.92. The number of nitrogens with zero attached hydrogens (tertiary/aromatic N) is 2. The fraction of sp³-hybridized carbons (Fsp3) is 0.286. The highest BCUT2D eigenvalue weighted by atomic mass is 35.5. The second kappa shape index (κ2) is 5.45. The SMILES string of the molecule is CCOc1ccc2nc(N(C)C)c(C(=O)Cl)cc2c1. The van der Waals surface area contributed by atoms with Crippen molar-refractivity contribution < 1.29 is 9.53 Å². The molecule has 0 spiro atoms. The zero-order valence-corrected chi connectivity index (χ0v) is 11.9. The summed E-state index contributed by atoms with van der Waals surface area (Å²) in [6, 6.07) is 7.33. The minimum Gasteiger partial charge on any atom is -0.494 e. The number of fused-ring (bicyclic) bond motifs is 1. The van der Waals surface area contributed by atoms with Gasteiger partial charge in [-0.15, -0.1) is 0 Å². The normalized spacial score (nSPS) is 10.5. The van der Waals surface area contributed by atoms with Gasteiger partial charge in [0.25, 0.3) is 5.24 Å². The van der Waals surface area contributed by atoms with E-state index in [0.29, 0.717) is 18.0 Å². The highest BCUT2D eigenvalue weighted by Crippen LogP contribution is 2.26. The van der Waals surface area contributed by atoms with Crippen LogP contribution in [0.3, 0.4) is 0 Å². The molecule has 0 fully saturated rings. The first-order valence-electron chi connectivity index (χ1n) is 5.97. The number of benzene rings is 1. The minimum absolute atomic E-state index is 0.396. The maximum Gasteiger partial charge on any atom is 0.256 e. The second-order valence-corrected chi connectivity index (χ2v) is 4.66. The van der Waals surface area contributed by atoms with Crippen LogP contribution in [0, 0.1) is 0 Å². The Kier molecular flexibility index (Phi) is 3.90. The van der Waals surface area contributed by atoms with E-state index in [0.717, 1.165) is 16.7 Å². The first-order valence-corrected chi connectivity index (χ1v) is 6.35. The summed E-state index contributed by atoms with van der Waals surface area (Å²) in [5, 5.41) is 0.320. The van der Waals surface area contributed by atoms with Crippen molar-refractivity contribution in [2.75, 3.05) is 25.6 Å². The van der Waals surface area contributed by atoms with E-state index in [2.05, 4.69) is 4.98 Å². The Morgan fingerprint density at radius 2 is 2.11 bits per heavy atom. The molecule has 0 saturated heterocycles. The van der Waals surface area contributed by atoms with Crippen molar-refractivity contribution in [3.05, 3.63) is 29.8 Å². The van der Waals surface area contributed by atoms with Crippen LogP contribution in [-0.4, -0.2) is 30.9 Å². The van der Waals surface area contributed by atoms with Crippen LogP contribution in [0.2, 0.25) is 0 Å². The fourth-order valence-corrected chi connectivity index (χ4v) is 2.03. The van der Waals surface area contributed by atoms with E-state index in [-0.39, 0.29) is 0 Å². The molecule has 5 heteroatoms. The lowest BCUT2D eigenvalue weighted by molar-refractivity contribution is 0.108. The molecule has 1 aromatic carbocycles. The van der Waals surface area contributed by atoms with Crippen LogP contribution >= 0.6 is 11.6 Å². The molecule has 19 heavy (non-hydrogen) atoms. The number of hydrogen-bond acceptors (Lipinski definition) is 4. The van der Waals surface area contributed by atoms with Crippen LogP contribution in [0.25, 0.3) is 10.9 Å². The van der Waals surface area contributed by atoms with E-state index in [1.807, 2.05) is 39.2 Å². The summed E-state index contributed by atoms with van der Waals surface area (Å²) < 4.78 is 5.44. The molecule has 0 radical (unpaired) electrons. The Bertz CT molecular complexity index is 626. The van der Waals surface area contributed by atoms with Gasteiger partial charge < -0.3 is 9.64 Å². The van der Waals surface area contributed by atoms with E-state index in [4.69, 9.17) is 16.3 Å². The molecular formula is C14H15ClN2O2. The summed E-state index contributed by atoms with van der Waals surface area (Å²) in [6.45, 7) is 2.52. The van der Waals surface area contributed by atoms with Crippen molar-refractivity contribution in [3.8, 4) is 5.75 Å². The van der Waals surface area contributed by atoms with Gasteiger partial charge in [0.05, 0.1) is 17.7 Å². The van der Waals surface area contributed by atoms with Gasteiger partial charge in [0.15, 0.2) is 0 Å². The van der Waals surface area contributed by atoms with Gasteiger partial charge in [-0.05, 0) is 42.8 Å². The molecule has 1 heterocycles. The van der Waals surface area contributed by atoms with E-state index in [1.165, 1.54) is 0 Å².